The van der Waals surface area contributed by atoms with Crippen LogP contribution in [0.3, 0.4) is 0 Å². The molecule has 1 heterocycles. The van der Waals surface area contributed by atoms with Gasteiger partial charge in [-0.2, -0.15) is 0 Å². The fourth-order valence-electron chi connectivity index (χ4n) is 2.96. The van der Waals surface area contributed by atoms with Crippen molar-refractivity contribution in [2.24, 2.45) is 0 Å². The summed E-state index contributed by atoms with van der Waals surface area (Å²) in [5.74, 6) is 0.495. The number of esters is 1. The highest BCUT2D eigenvalue weighted by molar-refractivity contribution is 5.86. The van der Waals surface area contributed by atoms with E-state index in [-0.39, 0.29) is 11.8 Å². The zero-order valence-electron chi connectivity index (χ0n) is 12.3. The third-order valence-electron chi connectivity index (χ3n) is 4.04. The Morgan fingerprint density at radius 1 is 1.24 bits per heavy atom. The average molecular weight is 285 g/mol. The van der Waals surface area contributed by atoms with Crippen molar-refractivity contribution < 1.29 is 13.9 Å². The number of benzene rings is 1. The monoisotopic (exact) mass is 285 g/mol. The van der Waals surface area contributed by atoms with E-state index in [0.29, 0.717) is 0 Å². The first-order valence-electron chi connectivity index (χ1n) is 7.20. The van der Waals surface area contributed by atoms with Gasteiger partial charge in [-0.3, -0.25) is 0 Å². The first kappa shape index (κ1) is 13.9. The number of hydrogen-bond acceptors (Lipinski definition) is 4. The lowest BCUT2D eigenvalue weighted by Gasteiger charge is -2.15. The Kier molecular flexibility index (Phi) is 3.80. The quantitative estimate of drug-likeness (QED) is 0.878. The summed E-state index contributed by atoms with van der Waals surface area (Å²) in [6, 6.07) is 9.98. The molecule has 1 N–H and O–H groups in total. The predicted molar refractivity (Wildman–Crippen MR) is 79.4 cm³/mol. The molecular weight excluding hydrogens is 266 g/mol. The van der Waals surface area contributed by atoms with E-state index < -0.39 is 5.97 Å². The van der Waals surface area contributed by atoms with Crippen molar-refractivity contribution >= 4 is 5.97 Å². The Balaban J connectivity index is 1.91. The summed E-state index contributed by atoms with van der Waals surface area (Å²) in [5, 5.41) is 3.25. The Hall–Kier alpha value is -2.07. The number of carbonyl (C=O) groups is 1. The molecule has 1 aliphatic rings. The van der Waals surface area contributed by atoms with E-state index >= 15 is 0 Å². The maximum atomic E-state index is 11.5. The van der Waals surface area contributed by atoms with Crippen molar-refractivity contribution in [1.29, 1.82) is 0 Å². The minimum Gasteiger partial charge on any atom is -0.463 e. The first-order valence-corrected chi connectivity index (χ1v) is 7.20. The molecule has 1 unspecified atom stereocenters. The van der Waals surface area contributed by atoms with Crippen molar-refractivity contribution in [1.82, 2.24) is 5.32 Å². The molecule has 4 heteroatoms. The zero-order chi connectivity index (χ0) is 14.8. The van der Waals surface area contributed by atoms with Crippen LogP contribution in [0.1, 0.15) is 45.5 Å². The molecule has 0 bridgehead atoms. The molecule has 110 valence electrons. The lowest BCUT2D eigenvalue weighted by atomic mass is 10.00. The summed E-state index contributed by atoms with van der Waals surface area (Å²) in [4.78, 5) is 11.5. The number of furan rings is 1. The number of methoxy groups -OCH3 is 1. The molecule has 1 aromatic heterocycles. The van der Waals surface area contributed by atoms with Crippen LogP contribution in [0.4, 0.5) is 0 Å². The number of fused-ring (bicyclic) bond motifs is 1. The van der Waals surface area contributed by atoms with Gasteiger partial charge in [-0.05, 0) is 55.1 Å². The second-order valence-corrected chi connectivity index (χ2v) is 5.30. The van der Waals surface area contributed by atoms with E-state index in [1.807, 2.05) is 13.1 Å². The standard InChI is InChI=1S/C17H19NO3/c1-18-16(14-8-9-15(21-14)17(19)20-2)13-7-6-11-4-3-5-12(11)10-13/h6-10,16,18H,3-5H2,1-2H3. The molecule has 3 rings (SSSR count). The Morgan fingerprint density at radius 3 is 2.81 bits per heavy atom. The number of aryl methyl sites for hydroxylation is 2. The summed E-state index contributed by atoms with van der Waals surface area (Å²) in [7, 11) is 3.23. The molecule has 0 aliphatic heterocycles. The van der Waals surface area contributed by atoms with Gasteiger partial charge >= 0.3 is 5.97 Å². The van der Waals surface area contributed by atoms with Crippen LogP contribution in [-0.2, 0) is 17.6 Å². The molecule has 1 aromatic carbocycles. The first-order chi connectivity index (χ1) is 10.2. The smallest absolute Gasteiger partial charge is 0.373 e. The SMILES string of the molecule is CNC(c1ccc2c(c1)CCC2)c1ccc(C(=O)OC)o1. The molecule has 0 fully saturated rings. The van der Waals surface area contributed by atoms with Gasteiger partial charge in [0.2, 0.25) is 5.76 Å². The van der Waals surface area contributed by atoms with Crippen LogP contribution in [0.25, 0.3) is 0 Å². The van der Waals surface area contributed by atoms with E-state index in [0.717, 1.165) is 17.7 Å². The van der Waals surface area contributed by atoms with Crippen molar-refractivity contribution in [3.05, 3.63) is 58.5 Å². The predicted octanol–water partition coefficient (Wildman–Crippen LogP) is 2.86. The fourth-order valence-corrected chi connectivity index (χ4v) is 2.96. The van der Waals surface area contributed by atoms with E-state index in [1.165, 1.54) is 31.1 Å². The molecule has 0 saturated carbocycles. The number of ether oxygens (including phenoxy) is 1. The second kappa shape index (κ2) is 5.74. The summed E-state index contributed by atoms with van der Waals surface area (Å²) < 4.78 is 10.3. The van der Waals surface area contributed by atoms with Gasteiger partial charge in [0.25, 0.3) is 0 Å². The van der Waals surface area contributed by atoms with E-state index in [9.17, 15) is 4.79 Å². The Bertz CT molecular complexity index is 660. The van der Waals surface area contributed by atoms with Gasteiger partial charge < -0.3 is 14.5 Å². The van der Waals surface area contributed by atoms with Crippen LogP contribution in [0.15, 0.2) is 34.7 Å². The molecular formula is C17H19NO3. The van der Waals surface area contributed by atoms with Crippen LogP contribution in [0, 0.1) is 0 Å². The summed E-state index contributed by atoms with van der Waals surface area (Å²) >= 11 is 0. The minimum atomic E-state index is -0.454. The summed E-state index contributed by atoms with van der Waals surface area (Å²) in [6.07, 6.45) is 3.55. The fraction of sp³-hybridized carbons (Fsp3) is 0.353. The highest BCUT2D eigenvalue weighted by Crippen LogP contribution is 2.29. The largest absolute Gasteiger partial charge is 0.463 e. The number of nitrogens with one attached hydrogen (secondary N) is 1. The second-order valence-electron chi connectivity index (χ2n) is 5.30. The van der Waals surface area contributed by atoms with E-state index in [2.05, 4.69) is 28.3 Å². The third kappa shape index (κ3) is 2.59. The summed E-state index contributed by atoms with van der Waals surface area (Å²) in [6.45, 7) is 0. The van der Waals surface area contributed by atoms with Crippen molar-refractivity contribution in [2.75, 3.05) is 14.2 Å². The van der Waals surface area contributed by atoms with Crippen molar-refractivity contribution in [2.45, 2.75) is 25.3 Å². The molecule has 1 atom stereocenters. The van der Waals surface area contributed by atoms with Crippen LogP contribution in [0.2, 0.25) is 0 Å². The van der Waals surface area contributed by atoms with Crippen molar-refractivity contribution in [3.8, 4) is 0 Å². The lowest BCUT2D eigenvalue weighted by molar-refractivity contribution is 0.0562. The van der Waals surface area contributed by atoms with Gasteiger partial charge in [-0.15, -0.1) is 0 Å². The topological polar surface area (TPSA) is 51.5 Å². The van der Waals surface area contributed by atoms with Crippen LogP contribution < -0.4 is 5.32 Å². The molecule has 2 aromatic rings. The Labute approximate surface area is 124 Å². The molecule has 0 spiro atoms. The van der Waals surface area contributed by atoms with Crippen LogP contribution >= 0.6 is 0 Å². The Morgan fingerprint density at radius 2 is 2.05 bits per heavy atom. The van der Waals surface area contributed by atoms with Gasteiger partial charge in [-0.25, -0.2) is 4.79 Å². The van der Waals surface area contributed by atoms with E-state index in [4.69, 9.17) is 4.42 Å². The maximum absolute atomic E-state index is 11.5. The minimum absolute atomic E-state index is 0.0608. The van der Waals surface area contributed by atoms with Crippen molar-refractivity contribution in [3.63, 3.8) is 0 Å². The lowest BCUT2D eigenvalue weighted by Crippen LogP contribution is -2.17. The highest BCUT2D eigenvalue weighted by Gasteiger charge is 2.21. The molecule has 0 radical (unpaired) electrons. The zero-order valence-corrected chi connectivity index (χ0v) is 12.3. The molecule has 21 heavy (non-hydrogen) atoms. The molecule has 0 saturated heterocycles. The summed E-state index contributed by atoms with van der Waals surface area (Å²) in [5.41, 5.74) is 4.03. The molecule has 4 nitrogen and oxygen atoms in total. The normalized spacial score (nSPS) is 14.8. The van der Waals surface area contributed by atoms with Gasteiger partial charge in [0.15, 0.2) is 0 Å². The number of hydrogen-bond donors (Lipinski definition) is 1. The van der Waals surface area contributed by atoms with Gasteiger partial charge in [0.1, 0.15) is 5.76 Å². The highest BCUT2D eigenvalue weighted by atomic mass is 16.5. The van der Waals surface area contributed by atoms with Gasteiger partial charge in [0.05, 0.1) is 13.2 Å². The molecule has 1 aliphatic carbocycles. The maximum Gasteiger partial charge on any atom is 0.373 e. The third-order valence-corrected chi connectivity index (χ3v) is 4.04. The number of rotatable bonds is 4. The van der Waals surface area contributed by atoms with Crippen LogP contribution in [-0.4, -0.2) is 20.1 Å². The van der Waals surface area contributed by atoms with E-state index in [1.54, 1.807) is 6.07 Å². The molecule has 0 amide bonds. The average Bonchev–Trinajstić information content (AvgIpc) is 3.15. The van der Waals surface area contributed by atoms with Crippen LogP contribution in [0.5, 0.6) is 0 Å². The van der Waals surface area contributed by atoms with Gasteiger partial charge in [0, 0.05) is 0 Å². The van der Waals surface area contributed by atoms with Gasteiger partial charge in [-0.1, -0.05) is 18.2 Å². The number of carbonyl (C=O) groups excluding carboxylic acids is 1.